The highest BCUT2D eigenvalue weighted by Crippen LogP contribution is 2.07. The summed E-state index contributed by atoms with van der Waals surface area (Å²) in [5.74, 6) is 0.210. The smallest absolute Gasteiger partial charge is 0.257 e. The Hall–Kier alpha value is -2.30. The van der Waals surface area contributed by atoms with Crippen LogP contribution in [0.15, 0.2) is 36.7 Å². The highest BCUT2D eigenvalue weighted by molar-refractivity contribution is 6.03. The number of imidazole rings is 1. The maximum absolute atomic E-state index is 11.6. The molecule has 2 aromatic rings. The number of aromatic amines is 1. The Morgan fingerprint density at radius 3 is 2.67 bits per heavy atom. The summed E-state index contributed by atoms with van der Waals surface area (Å²) in [6, 6.07) is 6.68. The van der Waals surface area contributed by atoms with Gasteiger partial charge >= 0.3 is 0 Å². The van der Waals surface area contributed by atoms with E-state index in [1.54, 1.807) is 36.7 Å². The molecule has 0 aliphatic rings. The molecule has 5 heteroatoms. The number of hydrogen-bond donors (Lipinski definition) is 3. The van der Waals surface area contributed by atoms with Gasteiger partial charge < -0.3 is 10.7 Å². The lowest BCUT2D eigenvalue weighted by molar-refractivity contribution is 0.102. The lowest BCUT2D eigenvalue weighted by atomic mass is 10.2. The highest BCUT2D eigenvalue weighted by atomic mass is 16.1. The van der Waals surface area contributed by atoms with E-state index in [1.807, 2.05) is 0 Å². The van der Waals surface area contributed by atoms with Gasteiger partial charge in [-0.05, 0) is 24.3 Å². The van der Waals surface area contributed by atoms with Crippen LogP contribution in [0.4, 0.5) is 11.6 Å². The third-order valence-corrected chi connectivity index (χ3v) is 1.90. The minimum absolute atomic E-state index is 0.218. The molecule has 76 valence electrons. The maximum Gasteiger partial charge on any atom is 0.257 e. The Bertz CT molecular complexity index is 447. The summed E-state index contributed by atoms with van der Waals surface area (Å²) >= 11 is 0. The van der Waals surface area contributed by atoms with Crippen molar-refractivity contribution >= 4 is 17.5 Å². The van der Waals surface area contributed by atoms with Gasteiger partial charge in [-0.25, -0.2) is 4.98 Å². The van der Waals surface area contributed by atoms with E-state index in [-0.39, 0.29) is 5.91 Å². The van der Waals surface area contributed by atoms with E-state index < -0.39 is 0 Å². The SMILES string of the molecule is Nc1ccc(C(=O)Nc2ncc[nH]2)cc1. The monoisotopic (exact) mass is 202 g/mol. The van der Waals surface area contributed by atoms with Gasteiger partial charge in [0.2, 0.25) is 5.95 Å². The van der Waals surface area contributed by atoms with Crippen LogP contribution in [0.2, 0.25) is 0 Å². The summed E-state index contributed by atoms with van der Waals surface area (Å²) in [6.45, 7) is 0. The van der Waals surface area contributed by atoms with Crippen LogP contribution in [0.1, 0.15) is 10.4 Å². The van der Waals surface area contributed by atoms with Crippen molar-refractivity contribution in [1.82, 2.24) is 9.97 Å². The van der Waals surface area contributed by atoms with Crippen LogP contribution < -0.4 is 11.1 Å². The molecule has 0 aliphatic heterocycles. The standard InChI is InChI=1S/C10H10N4O/c11-8-3-1-7(2-4-8)9(15)14-10-12-5-6-13-10/h1-6H,11H2,(H2,12,13,14,15). The lowest BCUT2D eigenvalue weighted by Crippen LogP contribution is -2.12. The maximum atomic E-state index is 11.6. The molecule has 0 spiro atoms. The lowest BCUT2D eigenvalue weighted by Gasteiger charge is -2.01. The zero-order chi connectivity index (χ0) is 10.7. The summed E-state index contributed by atoms with van der Waals surface area (Å²) in [6.07, 6.45) is 3.21. The highest BCUT2D eigenvalue weighted by Gasteiger charge is 2.05. The first kappa shape index (κ1) is 9.26. The minimum atomic E-state index is -0.218. The van der Waals surface area contributed by atoms with Crippen LogP contribution in [0, 0.1) is 0 Å². The molecule has 0 aliphatic carbocycles. The fourth-order valence-corrected chi connectivity index (χ4v) is 1.15. The van der Waals surface area contributed by atoms with E-state index in [1.165, 1.54) is 0 Å². The number of amides is 1. The van der Waals surface area contributed by atoms with Crippen LogP contribution in [0.5, 0.6) is 0 Å². The molecule has 5 nitrogen and oxygen atoms in total. The molecular formula is C10H10N4O. The second-order valence-electron chi connectivity index (χ2n) is 3.01. The van der Waals surface area contributed by atoms with Crippen molar-refractivity contribution in [2.75, 3.05) is 11.1 Å². The number of hydrogen-bond acceptors (Lipinski definition) is 3. The number of carbonyl (C=O) groups excluding carboxylic acids is 1. The molecule has 0 saturated heterocycles. The van der Waals surface area contributed by atoms with Gasteiger partial charge in [0.25, 0.3) is 5.91 Å². The van der Waals surface area contributed by atoms with Crippen molar-refractivity contribution in [3.8, 4) is 0 Å². The predicted molar refractivity (Wildman–Crippen MR) is 57.4 cm³/mol. The Morgan fingerprint density at radius 2 is 2.07 bits per heavy atom. The van der Waals surface area contributed by atoms with Crippen LogP contribution in [-0.2, 0) is 0 Å². The molecule has 4 N–H and O–H groups in total. The van der Waals surface area contributed by atoms with Gasteiger partial charge in [0.1, 0.15) is 0 Å². The molecule has 1 amide bonds. The second-order valence-corrected chi connectivity index (χ2v) is 3.01. The van der Waals surface area contributed by atoms with Crippen molar-refractivity contribution in [3.05, 3.63) is 42.2 Å². The van der Waals surface area contributed by atoms with E-state index in [0.29, 0.717) is 17.2 Å². The summed E-state index contributed by atoms with van der Waals surface area (Å²) in [4.78, 5) is 18.3. The number of benzene rings is 1. The molecule has 0 fully saturated rings. The topological polar surface area (TPSA) is 83.8 Å². The normalized spacial score (nSPS) is 9.87. The zero-order valence-electron chi connectivity index (χ0n) is 7.90. The quantitative estimate of drug-likeness (QED) is 0.640. The largest absolute Gasteiger partial charge is 0.399 e. The molecule has 2 rings (SSSR count). The van der Waals surface area contributed by atoms with Crippen molar-refractivity contribution in [1.29, 1.82) is 0 Å². The third kappa shape index (κ3) is 2.14. The molecule has 15 heavy (non-hydrogen) atoms. The first-order chi connectivity index (χ1) is 7.25. The first-order valence-corrected chi connectivity index (χ1v) is 4.42. The molecule has 1 heterocycles. The number of nitrogen functional groups attached to an aromatic ring is 1. The molecule has 0 unspecified atom stereocenters. The van der Waals surface area contributed by atoms with Crippen molar-refractivity contribution < 1.29 is 4.79 Å². The number of nitrogens with zero attached hydrogens (tertiary/aromatic N) is 1. The van der Waals surface area contributed by atoms with Gasteiger partial charge in [-0.1, -0.05) is 0 Å². The van der Waals surface area contributed by atoms with Gasteiger partial charge in [-0.3, -0.25) is 10.1 Å². The molecule has 0 atom stereocenters. The summed E-state index contributed by atoms with van der Waals surface area (Å²) in [7, 11) is 0. The van der Waals surface area contributed by atoms with Crippen LogP contribution >= 0.6 is 0 Å². The molecule has 0 bridgehead atoms. The minimum Gasteiger partial charge on any atom is -0.399 e. The first-order valence-electron chi connectivity index (χ1n) is 4.42. The second kappa shape index (κ2) is 3.83. The fourth-order valence-electron chi connectivity index (χ4n) is 1.15. The van der Waals surface area contributed by atoms with Crippen LogP contribution in [-0.4, -0.2) is 15.9 Å². The number of nitrogens with one attached hydrogen (secondary N) is 2. The molecule has 0 saturated carbocycles. The molecule has 1 aromatic heterocycles. The molecule has 0 radical (unpaired) electrons. The molecule has 1 aromatic carbocycles. The van der Waals surface area contributed by atoms with Crippen molar-refractivity contribution in [2.45, 2.75) is 0 Å². The Morgan fingerprint density at radius 1 is 1.33 bits per heavy atom. The average molecular weight is 202 g/mol. The van der Waals surface area contributed by atoms with E-state index in [2.05, 4.69) is 15.3 Å². The van der Waals surface area contributed by atoms with E-state index >= 15 is 0 Å². The van der Waals surface area contributed by atoms with Crippen molar-refractivity contribution in [3.63, 3.8) is 0 Å². The van der Waals surface area contributed by atoms with Gasteiger partial charge in [0.05, 0.1) is 0 Å². The average Bonchev–Trinajstić information content (AvgIpc) is 2.71. The summed E-state index contributed by atoms with van der Waals surface area (Å²) in [5, 5.41) is 2.61. The number of anilines is 2. The van der Waals surface area contributed by atoms with Gasteiger partial charge in [0, 0.05) is 23.6 Å². The van der Waals surface area contributed by atoms with Gasteiger partial charge in [-0.15, -0.1) is 0 Å². The van der Waals surface area contributed by atoms with E-state index in [4.69, 9.17) is 5.73 Å². The van der Waals surface area contributed by atoms with Gasteiger partial charge in [-0.2, -0.15) is 0 Å². The number of aromatic nitrogens is 2. The fraction of sp³-hybridized carbons (Fsp3) is 0. The Kier molecular flexibility index (Phi) is 2.37. The zero-order valence-corrected chi connectivity index (χ0v) is 7.90. The van der Waals surface area contributed by atoms with Gasteiger partial charge in [0.15, 0.2) is 0 Å². The Labute approximate surface area is 86.3 Å². The predicted octanol–water partition coefficient (Wildman–Crippen LogP) is 1.24. The third-order valence-electron chi connectivity index (χ3n) is 1.90. The Balaban J connectivity index is 2.11. The summed E-state index contributed by atoms with van der Waals surface area (Å²) < 4.78 is 0. The summed E-state index contributed by atoms with van der Waals surface area (Å²) in [5.41, 5.74) is 6.68. The number of nitrogens with two attached hydrogens (primary N) is 1. The number of carbonyl (C=O) groups is 1. The number of rotatable bonds is 2. The van der Waals surface area contributed by atoms with Crippen molar-refractivity contribution in [2.24, 2.45) is 0 Å². The van der Waals surface area contributed by atoms with E-state index in [0.717, 1.165) is 0 Å². The van der Waals surface area contributed by atoms with E-state index in [9.17, 15) is 4.79 Å². The van der Waals surface area contributed by atoms with Crippen LogP contribution in [0.25, 0.3) is 0 Å². The van der Waals surface area contributed by atoms with Crippen LogP contribution in [0.3, 0.4) is 0 Å². The number of H-pyrrole nitrogens is 1. The molecular weight excluding hydrogens is 192 g/mol.